The molecule has 2 amide bonds. The van der Waals surface area contributed by atoms with E-state index in [0.717, 1.165) is 59.3 Å². The predicted molar refractivity (Wildman–Crippen MR) is 161 cm³/mol. The van der Waals surface area contributed by atoms with Crippen molar-refractivity contribution < 1.29 is 9.59 Å². The maximum Gasteiger partial charge on any atom is 0.222 e. The average Bonchev–Trinajstić information content (AvgIpc) is 3.33. The van der Waals surface area contributed by atoms with E-state index in [1.165, 1.54) is 18.2 Å². The number of nitrogens with zero attached hydrogens (tertiary/aromatic N) is 3. The highest BCUT2D eigenvalue weighted by molar-refractivity contribution is 6.35. The molecule has 0 spiro atoms. The van der Waals surface area contributed by atoms with Crippen molar-refractivity contribution in [2.75, 3.05) is 25.4 Å². The maximum atomic E-state index is 13.2. The molecular weight excluding hydrogens is 522 g/mol. The SMILES string of the molecule is CC(=O)NCCn1c(C2CCCN(C(=O)CCCc3ccc(-c4ccc(N)nc4)cc3)C2)cc2c(Cl)cccc21. The van der Waals surface area contributed by atoms with Crippen LogP contribution in [0.3, 0.4) is 0 Å². The molecule has 4 aromatic rings. The van der Waals surface area contributed by atoms with Crippen LogP contribution in [0.5, 0.6) is 0 Å². The quantitative estimate of drug-likeness (QED) is 0.272. The molecule has 1 aliphatic rings. The molecule has 1 saturated heterocycles. The van der Waals surface area contributed by atoms with Crippen molar-refractivity contribution >= 4 is 40.1 Å². The number of pyridine rings is 1. The van der Waals surface area contributed by atoms with E-state index in [0.29, 0.717) is 31.9 Å². The van der Waals surface area contributed by atoms with E-state index < -0.39 is 0 Å². The van der Waals surface area contributed by atoms with Gasteiger partial charge in [0.25, 0.3) is 0 Å². The van der Waals surface area contributed by atoms with Crippen molar-refractivity contribution in [3.8, 4) is 11.1 Å². The number of benzene rings is 2. The zero-order valence-electron chi connectivity index (χ0n) is 22.9. The Morgan fingerprint density at radius 1 is 1.10 bits per heavy atom. The molecule has 8 heteroatoms. The standard InChI is InChI=1S/C32H36ClN5O2/c1-22(39)35-16-18-38-29-8-3-7-28(33)27(29)19-30(38)26-6-4-17-37(21-26)32(40)9-2-5-23-10-12-24(13-11-23)25-14-15-31(34)36-20-25/h3,7-8,10-15,19-20,26H,2,4-6,9,16-18,21H2,1H3,(H2,34,36)(H,35,39). The number of fused-ring (bicyclic) bond motifs is 1. The van der Waals surface area contributed by atoms with Crippen LogP contribution in [0.4, 0.5) is 5.82 Å². The van der Waals surface area contributed by atoms with Crippen molar-refractivity contribution in [2.45, 2.75) is 51.5 Å². The van der Waals surface area contributed by atoms with Gasteiger partial charge in [-0.2, -0.15) is 0 Å². The Balaban J connectivity index is 1.20. The minimum absolute atomic E-state index is 0.0412. The van der Waals surface area contributed by atoms with Gasteiger partial charge in [-0.1, -0.05) is 41.9 Å². The second-order valence-electron chi connectivity index (χ2n) is 10.6. The summed E-state index contributed by atoms with van der Waals surface area (Å²) in [7, 11) is 0. The van der Waals surface area contributed by atoms with Crippen LogP contribution in [0, 0.1) is 0 Å². The lowest BCUT2D eigenvalue weighted by atomic mass is 9.94. The van der Waals surface area contributed by atoms with Gasteiger partial charge in [0.15, 0.2) is 0 Å². The number of hydrogen-bond acceptors (Lipinski definition) is 4. The van der Waals surface area contributed by atoms with Gasteiger partial charge in [-0.05, 0) is 67.1 Å². The summed E-state index contributed by atoms with van der Waals surface area (Å²) in [6.45, 7) is 4.25. The van der Waals surface area contributed by atoms with Gasteiger partial charge in [-0.25, -0.2) is 4.98 Å². The van der Waals surface area contributed by atoms with Crippen molar-refractivity contribution in [3.63, 3.8) is 0 Å². The summed E-state index contributed by atoms with van der Waals surface area (Å²) < 4.78 is 2.26. The van der Waals surface area contributed by atoms with E-state index >= 15 is 0 Å². The van der Waals surface area contributed by atoms with E-state index in [1.54, 1.807) is 12.3 Å². The number of amides is 2. The van der Waals surface area contributed by atoms with Crippen LogP contribution in [-0.2, 0) is 22.6 Å². The third kappa shape index (κ3) is 6.48. The first kappa shape index (κ1) is 27.7. The number of piperidine rings is 1. The fraction of sp³-hybridized carbons (Fsp3) is 0.344. The molecule has 1 unspecified atom stereocenters. The number of aryl methyl sites for hydroxylation is 1. The van der Waals surface area contributed by atoms with Gasteiger partial charge >= 0.3 is 0 Å². The van der Waals surface area contributed by atoms with E-state index in [9.17, 15) is 9.59 Å². The zero-order chi connectivity index (χ0) is 28.1. The van der Waals surface area contributed by atoms with Crippen LogP contribution < -0.4 is 11.1 Å². The van der Waals surface area contributed by atoms with Gasteiger partial charge in [0, 0.05) is 78.8 Å². The van der Waals surface area contributed by atoms with Crippen molar-refractivity contribution in [1.82, 2.24) is 19.8 Å². The first-order valence-corrected chi connectivity index (χ1v) is 14.4. The minimum Gasteiger partial charge on any atom is -0.384 e. The monoisotopic (exact) mass is 557 g/mol. The molecule has 1 atom stereocenters. The number of anilines is 1. The highest BCUT2D eigenvalue weighted by Crippen LogP contribution is 2.34. The predicted octanol–water partition coefficient (Wildman–Crippen LogP) is 5.80. The Kier molecular flexibility index (Phi) is 8.70. The van der Waals surface area contributed by atoms with Gasteiger partial charge in [0.2, 0.25) is 11.8 Å². The number of likely N-dealkylation sites (tertiary alicyclic amines) is 1. The van der Waals surface area contributed by atoms with E-state index in [4.69, 9.17) is 17.3 Å². The van der Waals surface area contributed by atoms with Crippen molar-refractivity contribution in [1.29, 1.82) is 0 Å². The number of aromatic nitrogens is 2. The Hall–Kier alpha value is -3.84. The third-order valence-electron chi connectivity index (χ3n) is 7.76. The molecular formula is C32H36ClN5O2. The molecule has 3 heterocycles. The number of nitrogen functional groups attached to an aromatic ring is 1. The lowest BCUT2D eigenvalue weighted by Gasteiger charge is -2.33. The first-order valence-electron chi connectivity index (χ1n) is 14.0. The molecule has 7 nitrogen and oxygen atoms in total. The molecule has 1 fully saturated rings. The van der Waals surface area contributed by atoms with Crippen LogP contribution in [-0.4, -0.2) is 45.9 Å². The molecule has 40 heavy (non-hydrogen) atoms. The summed E-state index contributed by atoms with van der Waals surface area (Å²) in [5.74, 6) is 0.918. The van der Waals surface area contributed by atoms with E-state index in [-0.39, 0.29) is 17.7 Å². The van der Waals surface area contributed by atoms with Gasteiger partial charge in [-0.15, -0.1) is 0 Å². The Morgan fingerprint density at radius 3 is 2.65 bits per heavy atom. The highest BCUT2D eigenvalue weighted by atomic mass is 35.5. The lowest BCUT2D eigenvalue weighted by Crippen LogP contribution is -2.39. The molecule has 2 aromatic heterocycles. The summed E-state index contributed by atoms with van der Waals surface area (Å²) in [6.07, 6.45) is 5.99. The van der Waals surface area contributed by atoms with Gasteiger partial charge in [-0.3, -0.25) is 9.59 Å². The molecule has 0 bridgehead atoms. The Bertz CT molecular complexity index is 1480. The van der Waals surface area contributed by atoms with Crippen LogP contribution in [0.25, 0.3) is 22.0 Å². The molecule has 0 aliphatic carbocycles. The maximum absolute atomic E-state index is 13.2. The first-order chi connectivity index (χ1) is 19.4. The molecule has 0 saturated carbocycles. The number of nitrogens with one attached hydrogen (secondary N) is 1. The molecule has 1 aliphatic heterocycles. The summed E-state index contributed by atoms with van der Waals surface area (Å²) in [5.41, 5.74) is 11.3. The molecule has 3 N–H and O–H groups in total. The number of carbonyl (C=O) groups is 2. The smallest absolute Gasteiger partial charge is 0.222 e. The molecule has 0 radical (unpaired) electrons. The van der Waals surface area contributed by atoms with E-state index in [1.807, 2.05) is 23.1 Å². The van der Waals surface area contributed by atoms with Gasteiger partial charge in [0.05, 0.1) is 0 Å². The number of carbonyl (C=O) groups excluding carboxylic acids is 2. The Morgan fingerprint density at radius 2 is 1.90 bits per heavy atom. The van der Waals surface area contributed by atoms with Crippen LogP contribution in [0.15, 0.2) is 66.9 Å². The van der Waals surface area contributed by atoms with Crippen molar-refractivity contribution in [3.05, 3.63) is 83.1 Å². The minimum atomic E-state index is -0.0412. The summed E-state index contributed by atoms with van der Waals surface area (Å²) in [4.78, 5) is 30.9. The third-order valence-corrected chi connectivity index (χ3v) is 8.09. The van der Waals surface area contributed by atoms with Gasteiger partial charge in [0.1, 0.15) is 5.82 Å². The topological polar surface area (TPSA) is 93.2 Å². The van der Waals surface area contributed by atoms with E-state index in [2.05, 4.69) is 51.3 Å². The van der Waals surface area contributed by atoms with Crippen molar-refractivity contribution in [2.24, 2.45) is 0 Å². The second kappa shape index (κ2) is 12.6. The van der Waals surface area contributed by atoms with Crippen LogP contribution >= 0.6 is 11.6 Å². The average molecular weight is 558 g/mol. The number of rotatable bonds is 9. The largest absolute Gasteiger partial charge is 0.384 e. The van der Waals surface area contributed by atoms with Crippen LogP contribution in [0.1, 0.15) is 49.8 Å². The lowest BCUT2D eigenvalue weighted by molar-refractivity contribution is -0.132. The molecule has 208 valence electrons. The molecule has 2 aromatic carbocycles. The number of halogens is 1. The summed E-state index contributed by atoms with van der Waals surface area (Å²) in [5, 5.41) is 4.64. The number of hydrogen-bond donors (Lipinski definition) is 2. The normalized spacial score (nSPS) is 15.3. The van der Waals surface area contributed by atoms with Gasteiger partial charge < -0.3 is 20.5 Å². The fourth-order valence-electron chi connectivity index (χ4n) is 5.69. The Labute approximate surface area is 240 Å². The van der Waals surface area contributed by atoms with Crippen LogP contribution in [0.2, 0.25) is 5.02 Å². The highest BCUT2D eigenvalue weighted by Gasteiger charge is 2.27. The fourth-order valence-corrected chi connectivity index (χ4v) is 5.91. The number of nitrogens with two attached hydrogens (primary N) is 1. The zero-order valence-corrected chi connectivity index (χ0v) is 23.7. The second-order valence-corrected chi connectivity index (χ2v) is 11.0. The molecule has 5 rings (SSSR count). The summed E-state index contributed by atoms with van der Waals surface area (Å²) >= 11 is 6.54. The summed E-state index contributed by atoms with van der Waals surface area (Å²) in [6, 6.07) is 20.3.